The monoisotopic (exact) mass is 279 g/mol. The van der Waals surface area contributed by atoms with E-state index in [0.29, 0.717) is 23.7 Å². The highest BCUT2D eigenvalue weighted by Crippen LogP contribution is 2.08. The molecule has 0 aliphatic rings. The second-order valence-corrected chi connectivity index (χ2v) is 4.87. The highest BCUT2D eigenvalue weighted by Gasteiger charge is 2.11. The third-order valence-corrected chi connectivity index (χ3v) is 3.24. The van der Waals surface area contributed by atoms with Crippen LogP contribution in [0.1, 0.15) is 5.69 Å². The Kier molecular flexibility index (Phi) is 4.08. The normalized spacial score (nSPS) is 11.0. The van der Waals surface area contributed by atoms with Crippen LogP contribution in [-0.4, -0.2) is 38.4 Å². The second kappa shape index (κ2) is 5.77. The summed E-state index contributed by atoms with van der Waals surface area (Å²) in [5, 5.41) is 10.6. The van der Waals surface area contributed by atoms with Gasteiger partial charge in [-0.2, -0.15) is 0 Å². The van der Waals surface area contributed by atoms with Crippen molar-refractivity contribution in [3.8, 4) is 0 Å². The largest absolute Gasteiger partial charge is 0.480 e. The molecule has 0 radical (unpaired) electrons. The minimum Gasteiger partial charge on any atom is -0.480 e. The van der Waals surface area contributed by atoms with E-state index in [9.17, 15) is 9.59 Å². The zero-order valence-electron chi connectivity index (χ0n) is 10.2. The molecular weight excluding hydrogens is 266 g/mol. The van der Waals surface area contributed by atoms with E-state index in [1.807, 2.05) is 0 Å². The molecule has 0 atom stereocenters. The third kappa shape index (κ3) is 3.27. The minimum absolute atomic E-state index is 0.114. The molecule has 1 N–H and O–H groups in total. The number of aromatic nitrogens is 2. The first-order valence-corrected chi connectivity index (χ1v) is 6.49. The van der Waals surface area contributed by atoms with Crippen LogP contribution >= 0.6 is 11.3 Å². The van der Waals surface area contributed by atoms with Gasteiger partial charge in [0, 0.05) is 30.7 Å². The number of nitrogens with zero attached hydrogens (tertiary/aromatic N) is 3. The lowest BCUT2D eigenvalue weighted by atomic mass is 10.3. The molecule has 0 saturated heterocycles. The predicted molar refractivity (Wildman–Crippen MR) is 72.4 cm³/mol. The highest BCUT2D eigenvalue weighted by molar-refractivity contribution is 7.15. The number of aliphatic carboxylic acids is 1. The molecule has 0 amide bonds. The topological polar surface area (TPSA) is 74.9 Å². The minimum atomic E-state index is -0.921. The smallest absolute Gasteiger partial charge is 0.317 e. The Morgan fingerprint density at radius 3 is 3.11 bits per heavy atom. The third-order valence-electron chi connectivity index (χ3n) is 2.49. The zero-order valence-corrected chi connectivity index (χ0v) is 11.0. The summed E-state index contributed by atoms with van der Waals surface area (Å²) in [6, 6.07) is 1.43. The summed E-state index contributed by atoms with van der Waals surface area (Å²) in [6.07, 6.45) is 3.29. The summed E-state index contributed by atoms with van der Waals surface area (Å²) in [4.78, 5) is 29.1. The first-order chi connectivity index (χ1) is 9.10. The Bertz CT molecular complexity index is 662. The van der Waals surface area contributed by atoms with E-state index in [4.69, 9.17) is 5.11 Å². The van der Waals surface area contributed by atoms with Gasteiger partial charge in [0.15, 0.2) is 4.96 Å². The molecule has 0 fully saturated rings. The van der Waals surface area contributed by atoms with Crippen molar-refractivity contribution in [1.82, 2.24) is 14.3 Å². The zero-order chi connectivity index (χ0) is 13.8. The van der Waals surface area contributed by atoms with Gasteiger partial charge in [0.1, 0.15) is 0 Å². The van der Waals surface area contributed by atoms with Gasteiger partial charge in [-0.1, -0.05) is 6.08 Å². The molecule has 2 aromatic heterocycles. The lowest BCUT2D eigenvalue weighted by Gasteiger charge is -2.17. The van der Waals surface area contributed by atoms with Gasteiger partial charge in [-0.05, 0) is 0 Å². The fourth-order valence-electron chi connectivity index (χ4n) is 1.76. The lowest BCUT2D eigenvalue weighted by molar-refractivity contribution is -0.138. The van der Waals surface area contributed by atoms with E-state index >= 15 is 0 Å². The molecule has 0 aliphatic heterocycles. The summed E-state index contributed by atoms with van der Waals surface area (Å²) < 4.78 is 1.46. The SMILES string of the molecule is C=CCN(CC(=O)O)Cc1cc(=O)n2ccsc2n1. The number of thiazole rings is 1. The van der Waals surface area contributed by atoms with E-state index in [1.165, 1.54) is 21.8 Å². The van der Waals surface area contributed by atoms with Crippen LogP contribution in [0.2, 0.25) is 0 Å². The molecule has 2 heterocycles. The average Bonchev–Trinajstić information content (AvgIpc) is 2.77. The maximum Gasteiger partial charge on any atom is 0.317 e. The maximum atomic E-state index is 11.8. The summed E-state index contributed by atoms with van der Waals surface area (Å²) in [5.74, 6) is -0.921. The van der Waals surface area contributed by atoms with Crippen LogP contribution in [0.5, 0.6) is 0 Å². The first kappa shape index (κ1) is 13.4. The number of hydrogen-bond acceptors (Lipinski definition) is 5. The van der Waals surface area contributed by atoms with Crippen molar-refractivity contribution >= 4 is 22.3 Å². The summed E-state index contributed by atoms with van der Waals surface area (Å²) in [7, 11) is 0. The Labute approximate surface area is 113 Å². The molecule has 0 aromatic carbocycles. The number of carboxylic acids is 1. The predicted octanol–water partition coefficient (Wildman–Crippen LogP) is 0.829. The van der Waals surface area contributed by atoms with Crippen LogP contribution in [0.25, 0.3) is 4.96 Å². The Hall–Kier alpha value is -1.99. The van der Waals surface area contributed by atoms with Crippen molar-refractivity contribution in [2.75, 3.05) is 13.1 Å². The van der Waals surface area contributed by atoms with Gasteiger partial charge in [-0.3, -0.25) is 18.9 Å². The van der Waals surface area contributed by atoms with E-state index in [1.54, 1.807) is 22.6 Å². The summed E-state index contributed by atoms with van der Waals surface area (Å²) >= 11 is 1.37. The molecule has 0 bridgehead atoms. The van der Waals surface area contributed by atoms with E-state index < -0.39 is 5.97 Å². The molecule has 2 rings (SSSR count). The van der Waals surface area contributed by atoms with Crippen LogP contribution in [0, 0.1) is 0 Å². The molecule has 7 heteroatoms. The quantitative estimate of drug-likeness (QED) is 0.793. The fraction of sp³-hybridized carbons (Fsp3) is 0.250. The Morgan fingerprint density at radius 1 is 1.63 bits per heavy atom. The van der Waals surface area contributed by atoms with Gasteiger partial charge >= 0.3 is 5.97 Å². The van der Waals surface area contributed by atoms with Crippen molar-refractivity contribution < 1.29 is 9.90 Å². The molecule has 0 aliphatic carbocycles. The van der Waals surface area contributed by atoms with Gasteiger partial charge in [0.05, 0.1) is 12.2 Å². The van der Waals surface area contributed by atoms with E-state index in [-0.39, 0.29) is 12.1 Å². The summed E-state index contributed by atoms with van der Waals surface area (Å²) in [5.41, 5.74) is 0.408. The van der Waals surface area contributed by atoms with Gasteiger partial charge in [0.25, 0.3) is 5.56 Å². The van der Waals surface area contributed by atoms with Gasteiger partial charge in [0.2, 0.25) is 0 Å². The molecule has 2 aromatic rings. The van der Waals surface area contributed by atoms with Crippen molar-refractivity contribution in [3.05, 3.63) is 46.3 Å². The molecule has 0 unspecified atom stereocenters. The Morgan fingerprint density at radius 2 is 2.42 bits per heavy atom. The lowest BCUT2D eigenvalue weighted by Crippen LogP contribution is -2.30. The standard InChI is InChI=1S/C12H13N3O3S/c1-2-3-14(8-11(17)18)7-9-6-10(16)15-4-5-19-12(15)13-9/h2,4-6H,1,3,7-8H2,(H,17,18). The van der Waals surface area contributed by atoms with Gasteiger partial charge in [-0.15, -0.1) is 17.9 Å². The number of fused-ring (bicyclic) bond motifs is 1. The maximum absolute atomic E-state index is 11.8. The van der Waals surface area contributed by atoms with Gasteiger partial charge < -0.3 is 5.11 Å². The van der Waals surface area contributed by atoms with Crippen molar-refractivity contribution in [3.63, 3.8) is 0 Å². The molecular formula is C12H13N3O3S. The first-order valence-electron chi connectivity index (χ1n) is 5.61. The number of carbonyl (C=O) groups is 1. The van der Waals surface area contributed by atoms with Crippen LogP contribution < -0.4 is 5.56 Å². The van der Waals surface area contributed by atoms with E-state index in [0.717, 1.165) is 0 Å². The van der Waals surface area contributed by atoms with E-state index in [2.05, 4.69) is 11.6 Å². The molecule has 19 heavy (non-hydrogen) atoms. The number of rotatable bonds is 6. The van der Waals surface area contributed by atoms with Crippen molar-refractivity contribution in [1.29, 1.82) is 0 Å². The Balaban J connectivity index is 2.25. The van der Waals surface area contributed by atoms with Crippen LogP contribution in [0.4, 0.5) is 0 Å². The average molecular weight is 279 g/mol. The van der Waals surface area contributed by atoms with Crippen molar-refractivity contribution in [2.45, 2.75) is 6.54 Å². The number of hydrogen-bond donors (Lipinski definition) is 1. The van der Waals surface area contributed by atoms with Crippen LogP contribution in [-0.2, 0) is 11.3 Å². The molecule has 100 valence electrons. The molecule has 6 nitrogen and oxygen atoms in total. The summed E-state index contributed by atoms with van der Waals surface area (Å²) in [6.45, 7) is 4.21. The number of carboxylic acid groups (broad SMARTS) is 1. The van der Waals surface area contributed by atoms with Gasteiger partial charge in [-0.25, -0.2) is 4.98 Å². The van der Waals surface area contributed by atoms with Crippen LogP contribution in [0.3, 0.4) is 0 Å². The van der Waals surface area contributed by atoms with Crippen molar-refractivity contribution in [2.24, 2.45) is 0 Å². The molecule has 0 spiro atoms. The van der Waals surface area contributed by atoms with Crippen LogP contribution in [0.15, 0.2) is 35.1 Å². The highest BCUT2D eigenvalue weighted by atomic mass is 32.1. The molecule has 0 saturated carbocycles. The second-order valence-electron chi connectivity index (χ2n) is 3.99. The fourth-order valence-corrected chi connectivity index (χ4v) is 2.50.